The fourth-order valence-electron chi connectivity index (χ4n) is 1.83. The standard InChI is InChI=1S/C14H18ClN5O2S/c1-2-20(6-7-22-11-5-3-4-10(15)8-11)14(21)17-9-12-18-19-13(16)23-12/h3-5,8H,2,6-7,9H2,1H3,(H2,16,19)(H,17,21). The van der Waals surface area contributed by atoms with E-state index in [2.05, 4.69) is 15.5 Å². The number of nitrogen functional groups attached to an aromatic ring is 1. The van der Waals surface area contributed by atoms with Crippen LogP contribution in [0.2, 0.25) is 5.02 Å². The van der Waals surface area contributed by atoms with E-state index in [1.165, 1.54) is 11.3 Å². The highest BCUT2D eigenvalue weighted by molar-refractivity contribution is 7.15. The molecule has 1 aromatic carbocycles. The third kappa shape index (κ3) is 5.57. The minimum atomic E-state index is -0.184. The molecule has 0 saturated carbocycles. The van der Waals surface area contributed by atoms with Crippen LogP contribution in [0.3, 0.4) is 0 Å². The molecule has 0 bridgehead atoms. The molecule has 124 valence electrons. The van der Waals surface area contributed by atoms with Gasteiger partial charge in [0, 0.05) is 11.6 Å². The van der Waals surface area contributed by atoms with Crippen molar-refractivity contribution in [2.45, 2.75) is 13.5 Å². The number of urea groups is 1. The van der Waals surface area contributed by atoms with E-state index in [-0.39, 0.29) is 6.03 Å². The SMILES string of the molecule is CCN(CCOc1cccc(Cl)c1)C(=O)NCc1nnc(N)s1. The molecule has 0 spiro atoms. The molecule has 9 heteroatoms. The lowest BCUT2D eigenvalue weighted by atomic mass is 10.3. The molecule has 3 N–H and O–H groups in total. The van der Waals surface area contributed by atoms with Gasteiger partial charge in [-0.3, -0.25) is 0 Å². The van der Waals surface area contributed by atoms with E-state index in [1.54, 1.807) is 17.0 Å². The van der Waals surface area contributed by atoms with Gasteiger partial charge in [0.25, 0.3) is 0 Å². The first kappa shape index (κ1) is 17.3. The predicted octanol–water partition coefficient (Wildman–Crippen LogP) is 2.38. The average Bonchev–Trinajstić information content (AvgIpc) is 2.95. The van der Waals surface area contributed by atoms with E-state index in [0.717, 1.165) is 0 Å². The molecule has 0 unspecified atom stereocenters. The van der Waals surface area contributed by atoms with Crippen molar-refractivity contribution >= 4 is 34.1 Å². The molecule has 0 aliphatic rings. The van der Waals surface area contributed by atoms with Crippen LogP contribution in [0.15, 0.2) is 24.3 Å². The first-order chi connectivity index (χ1) is 11.1. The molecule has 0 saturated heterocycles. The summed E-state index contributed by atoms with van der Waals surface area (Å²) in [7, 11) is 0. The van der Waals surface area contributed by atoms with Crippen LogP contribution >= 0.6 is 22.9 Å². The number of nitrogens with zero attached hydrogens (tertiary/aromatic N) is 3. The highest BCUT2D eigenvalue weighted by atomic mass is 35.5. The molecule has 0 aliphatic heterocycles. The third-order valence-corrected chi connectivity index (χ3v) is 3.96. The minimum Gasteiger partial charge on any atom is -0.492 e. The van der Waals surface area contributed by atoms with Crippen molar-refractivity contribution in [1.29, 1.82) is 0 Å². The van der Waals surface area contributed by atoms with Gasteiger partial charge in [0.15, 0.2) is 0 Å². The maximum atomic E-state index is 12.1. The van der Waals surface area contributed by atoms with Gasteiger partial charge in [0.05, 0.1) is 13.1 Å². The van der Waals surface area contributed by atoms with Gasteiger partial charge in [-0.25, -0.2) is 4.79 Å². The Balaban J connectivity index is 1.76. The summed E-state index contributed by atoms with van der Waals surface area (Å²) in [5, 5.41) is 12.0. The smallest absolute Gasteiger partial charge is 0.317 e. The highest BCUT2D eigenvalue weighted by Crippen LogP contribution is 2.17. The summed E-state index contributed by atoms with van der Waals surface area (Å²) in [6.45, 7) is 3.63. The maximum absolute atomic E-state index is 12.1. The molecule has 1 aromatic heterocycles. The normalized spacial score (nSPS) is 10.3. The van der Waals surface area contributed by atoms with E-state index >= 15 is 0 Å². The van der Waals surface area contributed by atoms with Gasteiger partial charge in [-0.05, 0) is 25.1 Å². The van der Waals surface area contributed by atoms with Gasteiger partial charge >= 0.3 is 6.03 Å². The molecule has 0 fully saturated rings. The van der Waals surface area contributed by atoms with Gasteiger partial charge in [-0.1, -0.05) is 29.0 Å². The number of carbonyl (C=O) groups is 1. The molecule has 2 rings (SSSR count). The molecule has 23 heavy (non-hydrogen) atoms. The molecule has 2 amide bonds. The number of benzene rings is 1. The van der Waals surface area contributed by atoms with Gasteiger partial charge in [0.1, 0.15) is 17.4 Å². The number of ether oxygens (including phenoxy) is 1. The Labute approximate surface area is 143 Å². The van der Waals surface area contributed by atoms with Crippen molar-refractivity contribution in [2.75, 3.05) is 25.4 Å². The van der Waals surface area contributed by atoms with E-state index in [4.69, 9.17) is 22.1 Å². The van der Waals surface area contributed by atoms with Crippen LogP contribution in [0.1, 0.15) is 11.9 Å². The molecule has 0 radical (unpaired) electrons. The zero-order valence-electron chi connectivity index (χ0n) is 12.7. The molecule has 0 atom stereocenters. The van der Waals surface area contributed by atoms with Crippen LogP contribution < -0.4 is 15.8 Å². The first-order valence-electron chi connectivity index (χ1n) is 7.07. The predicted molar refractivity (Wildman–Crippen MR) is 90.8 cm³/mol. The molecule has 1 heterocycles. The zero-order chi connectivity index (χ0) is 16.7. The average molecular weight is 356 g/mol. The van der Waals surface area contributed by atoms with Crippen LogP contribution in [-0.2, 0) is 6.54 Å². The van der Waals surface area contributed by atoms with Crippen LogP contribution in [-0.4, -0.2) is 40.8 Å². The molecular formula is C14H18ClN5O2S. The Hall–Kier alpha value is -2.06. The first-order valence-corrected chi connectivity index (χ1v) is 8.27. The number of likely N-dealkylation sites (N-methyl/N-ethyl adjacent to an activating group) is 1. The fourth-order valence-corrected chi connectivity index (χ4v) is 2.56. The lowest BCUT2D eigenvalue weighted by Gasteiger charge is -2.21. The van der Waals surface area contributed by atoms with Crippen LogP contribution in [0.4, 0.5) is 9.93 Å². The Bertz CT molecular complexity index is 652. The van der Waals surface area contributed by atoms with E-state index in [1.807, 2.05) is 19.1 Å². The van der Waals surface area contributed by atoms with E-state index in [0.29, 0.717) is 47.2 Å². The summed E-state index contributed by atoms with van der Waals surface area (Å²) in [5.74, 6) is 0.679. The van der Waals surface area contributed by atoms with Crippen LogP contribution in [0.25, 0.3) is 0 Å². The third-order valence-electron chi connectivity index (χ3n) is 2.97. The maximum Gasteiger partial charge on any atom is 0.317 e. The number of nitrogens with two attached hydrogens (primary N) is 1. The second-order valence-corrected chi connectivity index (χ2v) is 6.11. The Morgan fingerprint density at radius 2 is 2.30 bits per heavy atom. The van der Waals surface area contributed by atoms with Gasteiger partial charge in [-0.15, -0.1) is 10.2 Å². The number of halogens is 1. The van der Waals surface area contributed by atoms with E-state index in [9.17, 15) is 4.79 Å². The number of rotatable bonds is 7. The van der Waals surface area contributed by atoms with Crippen molar-refractivity contribution in [3.8, 4) is 5.75 Å². The summed E-state index contributed by atoms with van der Waals surface area (Å²) in [6.07, 6.45) is 0. The second kappa shape index (κ2) is 8.54. The number of hydrogen-bond donors (Lipinski definition) is 2. The number of hydrogen-bond acceptors (Lipinski definition) is 6. The lowest BCUT2D eigenvalue weighted by molar-refractivity contribution is 0.185. The zero-order valence-corrected chi connectivity index (χ0v) is 14.2. The Kier molecular flexibility index (Phi) is 6.42. The number of amides is 2. The summed E-state index contributed by atoms with van der Waals surface area (Å²) >= 11 is 7.14. The van der Waals surface area contributed by atoms with Crippen molar-refractivity contribution in [3.05, 3.63) is 34.3 Å². The lowest BCUT2D eigenvalue weighted by Crippen LogP contribution is -2.41. The number of carbonyl (C=O) groups excluding carboxylic acids is 1. The second-order valence-electron chi connectivity index (χ2n) is 4.58. The Morgan fingerprint density at radius 1 is 1.48 bits per heavy atom. The molecular weight excluding hydrogens is 338 g/mol. The van der Waals surface area contributed by atoms with Crippen molar-refractivity contribution in [1.82, 2.24) is 20.4 Å². The quantitative estimate of drug-likeness (QED) is 0.795. The molecule has 2 aromatic rings. The summed E-state index contributed by atoms with van der Waals surface area (Å²) in [4.78, 5) is 13.8. The van der Waals surface area contributed by atoms with Gasteiger partial charge in [-0.2, -0.15) is 0 Å². The van der Waals surface area contributed by atoms with E-state index < -0.39 is 0 Å². The van der Waals surface area contributed by atoms with Crippen molar-refractivity contribution in [2.24, 2.45) is 0 Å². The monoisotopic (exact) mass is 355 g/mol. The van der Waals surface area contributed by atoms with Gasteiger partial charge in [0.2, 0.25) is 5.13 Å². The summed E-state index contributed by atoms with van der Waals surface area (Å²) in [6, 6.07) is 6.96. The van der Waals surface area contributed by atoms with Gasteiger partial charge < -0.3 is 20.7 Å². The number of nitrogens with one attached hydrogen (secondary N) is 1. The highest BCUT2D eigenvalue weighted by Gasteiger charge is 2.12. The largest absolute Gasteiger partial charge is 0.492 e. The minimum absolute atomic E-state index is 0.184. The fraction of sp³-hybridized carbons (Fsp3) is 0.357. The number of anilines is 1. The summed E-state index contributed by atoms with van der Waals surface area (Å²) < 4.78 is 5.59. The summed E-state index contributed by atoms with van der Waals surface area (Å²) in [5.41, 5.74) is 5.50. The Morgan fingerprint density at radius 3 is 2.96 bits per heavy atom. The van der Waals surface area contributed by atoms with Crippen molar-refractivity contribution < 1.29 is 9.53 Å². The molecule has 0 aliphatic carbocycles. The van der Waals surface area contributed by atoms with Crippen molar-refractivity contribution in [3.63, 3.8) is 0 Å². The molecule has 7 nitrogen and oxygen atoms in total. The topological polar surface area (TPSA) is 93.4 Å². The number of aromatic nitrogens is 2. The van der Waals surface area contributed by atoms with Crippen LogP contribution in [0.5, 0.6) is 5.75 Å². The van der Waals surface area contributed by atoms with Crippen LogP contribution in [0, 0.1) is 0 Å².